The van der Waals surface area contributed by atoms with E-state index in [1.165, 1.54) is 0 Å². The molecule has 0 aromatic rings. The fraction of sp³-hybridized carbons (Fsp3) is 0.882. The Hall–Kier alpha value is -1.30. The summed E-state index contributed by atoms with van der Waals surface area (Å²) < 4.78 is 5.47. The molecule has 0 aromatic heterocycles. The van der Waals surface area contributed by atoms with Crippen molar-refractivity contribution in [2.75, 3.05) is 26.2 Å². The standard InChI is InChI=1S/C17H30N2O4/c1-17(2,3)23-16(22)18-9-6-7-13(11-18)14-8-4-5-10-19(14)15(21)12-20/h13-14,20H,4-12H2,1-3H3. The summed E-state index contributed by atoms with van der Waals surface area (Å²) in [5, 5.41) is 9.20. The predicted octanol–water partition coefficient (Wildman–Crippen LogP) is 2.01. The number of carbonyl (C=O) groups is 2. The summed E-state index contributed by atoms with van der Waals surface area (Å²) in [5.74, 6) is 0.0798. The van der Waals surface area contributed by atoms with Crippen LogP contribution in [0.3, 0.4) is 0 Å². The molecule has 2 heterocycles. The molecule has 2 amide bonds. The molecule has 0 bridgehead atoms. The van der Waals surface area contributed by atoms with Crippen molar-refractivity contribution < 1.29 is 19.4 Å². The Balaban J connectivity index is 2.01. The molecule has 1 N–H and O–H groups in total. The van der Waals surface area contributed by atoms with Crippen molar-refractivity contribution in [3.8, 4) is 0 Å². The number of piperidine rings is 2. The Bertz CT molecular complexity index is 433. The van der Waals surface area contributed by atoms with Gasteiger partial charge in [-0.1, -0.05) is 0 Å². The first kappa shape index (κ1) is 18.0. The Kier molecular flexibility index (Phi) is 5.89. The minimum Gasteiger partial charge on any atom is -0.444 e. The number of hydrogen-bond donors (Lipinski definition) is 1. The molecule has 6 nitrogen and oxygen atoms in total. The maximum Gasteiger partial charge on any atom is 0.410 e. The van der Waals surface area contributed by atoms with Gasteiger partial charge in [-0.15, -0.1) is 0 Å². The van der Waals surface area contributed by atoms with E-state index in [-0.39, 0.29) is 24.0 Å². The quantitative estimate of drug-likeness (QED) is 0.843. The lowest BCUT2D eigenvalue weighted by Gasteiger charge is -2.44. The third-order valence-corrected chi connectivity index (χ3v) is 4.66. The van der Waals surface area contributed by atoms with E-state index in [9.17, 15) is 14.7 Å². The summed E-state index contributed by atoms with van der Waals surface area (Å²) in [6.07, 6.45) is 4.73. The van der Waals surface area contributed by atoms with Gasteiger partial charge in [0.15, 0.2) is 0 Å². The van der Waals surface area contributed by atoms with Crippen LogP contribution in [-0.2, 0) is 9.53 Å². The van der Waals surface area contributed by atoms with Crippen molar-refractivity contribution in [1.82, 2.24) is 9.80 Å². The van der Waals surface area contributed by atoms with E-state index in [0.717, 1.165) is 32.1 Å². The van der Waals surface area contributed by atoms with Crippen LogP contribution in [0, 0.1) is 5.92 Å². The van der Waals surface area contributed by atoms with Crippen LogP contribution >= 0.6 is 0 Å². The first-order valence-corrected chi connectivity index (χ1v) is 8.70. The highest BCUT2D eigenvalue weighted by Gasteiger charge is 2.36. The van der Waals surface area contributed by atoms with Crippen LogP contribution in [0.4, 0.5) is 4.79 Å². The van der Waals surface area contributed by atoms with Crippen LogP contribution in [0.5, 0.6) is 0 Å². The molecule has 2 aliphatic rings. The fourth-order valence-corrected chi connectivity index (χ4v) is 3.66. The van der Waals surface area contributed by atoms with Crippen LogP contribution < -0.4 is 0 Å². The summed E-state index contributed by atoms with van der Waals surface area (Å²) in [6, 6.07) is 0.133. The number of likely N-dealkylation sites (tertiary alicyclic amines) is 2. The molecule has 132 valence electrons. The van der Waals surface area contributed by atoms with Crippen LogP contribution in [-0.4, -0.2) is 64.8 Å². The van der Waals surface area contributed by atoms with E-state index in [2.05, 4.69) is 0 Å². The predicted molar refractivity (Wildman–Crippen MR) is 87.0 cm³/mol. The Morgan fingerprint density at radius 1 is 1.13 bits per heavy atom. The molecular formula is C17H30N2O4. The van der Waals surface area contributed by atoms with Gasteiger partial charge in [-0.25, -0.2) is 4.79 Å². The first-order valence-electron chi connectivity index (χ1n) is 8.70. The number of ether oxygens (including phenoxy) is 1. The number of aliphatic hydroxyl groups excluding tert-OH is 1. The molecule has 2 saturated heterocycles. The number of carbonyl (C=O) groups excluding carboxylic acids is 2. The van der Waals surface area contributed by atoms with Crippen molar-refractivity contribution >= 4 is 12.0 Å². The van der Waals surface area contributed by atoms with Crippen LogP contribution in [0.2, 0.25) is 0 Å². The van der Waals surface area contributed by atoms with Gasteiger partial charge in [-0.05, 0) is 58.8 Å². The fourth-order valence-electron chi connectivity index (χ4n) is 3.66. The molecule has 2 fully saturated rings. The second kappa shape index (κ2) is 7.51. The topological polar surface area (TPSA) is 70.1 Å². The molecular weight excluding hydrogens is 296 g/mol. The second-order valence-electron chi connectivity index (χ2n) is 7.64. The molecule has 0 spiro atoms. The number of nitrogens with zero attached hydrogens (tertiary/aromatic N) is 2. The van der Waals surface area contributed by atoms with Crippen molar-refractivity contribution in [2.45, 2.75) is 64.5 Å². The lowest BCUT2D eigenvalue weighted by molar-refractivity contribution is -0.139. The second-order valence-corrected chi connectivity index (χ2v) is 7.64. The van der Waals surface area contributed by atoms with Gasteiger partial charge in [0.05, 0.1) is 0 Å². The van der Waals surface area contributed by atoms with E-state index in [4.69, 9.17) is 4.74 Å². The highest BCUT2D eigenvalue weighted by Crippen LogP contribution is 2.30. The smallest absolute Gasteiger partial charge is 0.410 e. The maximum absolute atomic E-state index is 12.3. The molecule has 6 heteroatoms. The zero-order valence-electron chi connectivity index (χ0n) is 14.6. The van der Waals surface area contributed by atoms with Crippen LogP contribution in [0.25, 0.3) is 0 Å². The van der Waals surface area contributed by atoms with E-state index >= 15 is 0 Å². The van der Waals surface area contributed by atoms with E-state index in [1.807, 2.05) is 25.7 Å². The van der Waals surface area contributed by atoms with Gasteiger partial charge in [-0.3, -0.25) is 4.79 Å². The average molecular weight is 326 g/mol. The molecule has 0 aliphatic carbocycles. The maximum atomic E-state index is 12.3. The van der Waals surface area contributed by atoms with E-state index in [1.54, 1.807) is 4.90 Å². The molecule has 2 atom stereocenters. The Labute approximate surface area is 138 Å². The van der Waals surface area contributed by atoms with Gasteiger partial charge in [0.1, 0.15) is 12.2 Å². The summed E-state index contributed by atoms with van der Waals surface area (Å²) in [4.78, 5) is 27.9. The minimum absolute atomic E-state index is 0.133. The molecule has 23 heavy (non-hydrogen) atoms. The minimum atomic E-state index is -0.492. The van der Waals surface area contributed by atoms with Gasteiger partial charge in [-0.2, -0.15) is 0 Å². The Morgan fingerprint density at radius 2 is 1.87 bits per heavy atom. The summed E-state index contributed by atoms with van der Waals surface area (Å²) in [7, 11) is 0. The van der Waals surface area contributed by atoms with E-state index in [0.29, 0.717) is 19.6 Å². The molecule has 2 aliphatic heterocycles. The molecule has 0 radical (unpaired) electrons. The van der Waals surface area contributed by atoms with Crippen LogP contribution in [0.15, 0.2) is 0 Å². The van der Waals surface area contributed by atoms with Gasteiger partial charge in [0, 0.05) is 25.7 Å². The van der Waals surface area contributed by atoms with Gasteiger partial charge in [0.25, 0.3) is 0 Å². The van der Waals surface area contributed by atoms with Gasteiger partial charge >= 0.3 is 6.09 Å². The number of aliphatic hydroxyl groups is 1. The molecule has 0 aromatic carbocycles. The zero-order chi connectivity index (χ0) is 17.0. The summed E-state index contributed by atoms with van der Waals surface area (Å²) in [5.41, 5.74) is -0.492. The van der Waals surface area contributed by atoms with Crippen molar-refractivity contribution in [2.24, 2.45) is 5.92 Å². The Morgan fingerprint density at radius 3 is 2.52 bits per heavy atom. The summed E-state index contributed by atoms with van der Waals surface area (Å²) in [6.45, 7) is 7.24. The monoisotopic (exact) mass is 326 g/mol. The largest absolute Gasteiger partial charge is 0.444 e. The first-order chi connectivity index (χ1) is 10.8. The SMILES string of the molecule is CC(C)(C)OC(=O)N1CCCC(C2CCCCN2C(=O)CO)C1. The van der Waals surface area contributed by atoms with Crippen molar-refractivity contribution in [3.63, 3.8) is 0 Å². The van der Waals surface area contributed by atoms with Crippen LogP contribution in [0.1, 0.15) is 52.9 Å². The zero-order valence-corrected chi connectivity index (χ0v) is 14.6. The summed E-state index contributed by atoms with van der Waals surface area (Å²) >= 11 is 0. The number of amides is 2. The lowest BCUT2D eigenvalue weighted by atomic mass is 9.84. The number of hydrogen-bond acceptors (Lipinski definition) is 4. The molecule has 0 saturated carbocycles. The van der Waals surface area contributed by atoms with Crippen molar-refractivity contribution in [3.05, 3.63) is 0 Å². The lowest BCUT2D eigenvalue weighted by Crippen LogP contribution is -2.53. The third-order valence-electron chi connectivity index (χ3n) is 4.66. The highest BCUT2D eigenvalue weighted by atomic mass is 16.6. The van der Waals surface area contributed by atoms with Gasteiger partial charge < -0.3 is 19.6 Å². The third kappa shape index (κ3) is 4.83. The number of rotatable bonds is 2. The normalized spacial score (nSPS) is 26.1. The average Bonchev–Trinajstić information content (AvgIpc) is 2.52. The molecule has 2 unspecified atom stereocenters. The van der Waals surface area contributed by atoms with Gasteiger partial charge in [0.2, 0.25) is 5.91 Å². The molecule has 2 rings (SSSR count). The highest BCUT2D eigenvalue weighted by molar-refractivity contribution is 5.77. The van der Waals surface area contributed by atoms with E-state index < -0.39 is 12.2 Å². The van der Waals surface area contributed by atoms with Crippen molar-refractivity contribution in [1.29, 1.82) is 0 Å².